The molecule has 0 radical (unpaired) electrons. The van der Waals surface area contributed by atoms with Crippen LogP contribution < -0.4 is 21.1 Å². The van der Waals surface area contributed by atoms with Gasteiger partial charge in [-0.25, -0.2) is 4.98 Å². The van der Waals surface area contributed by atoms with E-state index in [-0.39, 0.29) is 17.7 Å². The van der Waals surface area contributed by atoms with Crippen molar-refractivity contribution in [2.75, 3.05) is 25.9 Å². The van der Waals surface area contributed by atoms with Gasteiger partial charge in [-0.05, 0) is 54.7 Å². The predicted molar refractivity (Wildman–Crippen MR) is 136 cm³/mol. The molecule has 0 unspecified atom stereocenters. The van der Waals surface area contributed by atoms with Crippen molar-refractivity contribution < 1.29 is 19.7 Å². The third kappa shape index (κ3) is 8.27. The number of phenolic OH excluding ortho intramolecular Hbond substituents is 1. The second-order valence-corrected chi connectivity index (χ2v) is 8.65. The second-order valence-electron chi connectivity index (χ2n) is 8.65. The molecule has 1 amide bonds. The number of aromatic hydroxyl groups is 1. The molecule has 8 nitrogen and oxygen atoms in total. The summed E-state index contributed by atoms with van der Waals surface area (Å²) < 4.78 is 5.12. The van der Waals surface area contributed by atoms with Crippen LogP contribution in [0.2, 0.25) is 0 Å². The molecule has 0 saturated carbocycles. The standard InChI is InChI=1S/C27H34N4O4/c1-18(30-17-24(33)22-7-9-26(28)31-16-22)12-20-4-3-5-21(13-20)15-27(34)29-11-10-19-6-8-23(32)25(14-19)35-2/h3-9,13-14,16,18,24,30,32-33H,10-12,15,17H2,1-2H3,(H2,28,31)(H,29,34)/t18-,24-/m1/s1. The summed E-state index contributed by atoms with van der Waals surface area (Å²) in [6.07, 6.45) is 2.64. The molecule has 0 fully saturated rings. The summed E-state index contributed by atoms with van der Waals surface area (Å²) in [5.74, 6) is 0.902. The Hall–Kier alpha value is -3.62. The number of hydrogen-bond acceptors (Lipinski definition) is 7. The first-order valence-electron chi connectivity index (χ1n) is 11.7. The lowest BCUT2D eigenvalue weighted by atomic mass is 10.0. The van der Waals surface area contributed by atoms with E-state index >= 15 is 0 Å². The van der Waals surface area contributed by atoms with Crippen LogP contribution >= 0.6 is 0 Å². The van der Waals surface area contributed by atoms with E-state index in [9.17, 15) is 15.0 Å². The maximum Gasteiger partial charge on any atom is 0.224 e. The zero-order valence-corrected chi connectivity index (χ0v) is 20.2. The van der Waals surface area contributed by atoms with Crippen LogP contribution in [0.3, 0.4) is 0 Å². The molecule has 8 heteroatoms. The molecule has 186 valence electrons. The quantitative estimate of drug-likeness (QED) is 0.270. The minimum Gasteiger partial charge on any atom is -0.504 e. The molecule has 6 N–H and O–H groups in total. The monoisotopic (exact) mass is 478 g/mol. The number of nitrogens with one attached hydrogen (secondary N) is 2. The number of benzene rings is 2. The first-order valence-corrected chi connectivity index (χ1v) is 11.7. The molecule has 0 bridgehead atoms. The van der Waals surface area contributed by atoms with E-state index in [1.165, 1.54) is 7.11 Å². The first kappa shape index (κ1) is 26.0. The number of nitrogen functional groups attached to an aromatic ring is 1. The van der Waals surface area contributed by atoms with Gasteiger partial charge in [0.05, 0.1) is 19.6 Å². The Balaban J connectivity index is 1.43. The van der Waals surface area contributed by atoms with Gasteiger partial charge in [-0.1, -0.05) is 36.4 Å². The number of aliphatic hydroxyl groups is 1. The van der Waals surface area contributed by atoms with Crippen LogP contribution in [0.15, 0.2) is 60.8 Å². The fourth-order valence-electron chi connectivity index (χ4n) is 3.81. The highest BCUT2D eigenvalue weighted by atomic mass is 16.5. The largest absolute Gasteiger partial charge is 0.504 e. The van der Waals surface area contributed by atoms with Crippen LogP contribution in [-0.2, 0) is 24.1 Å². The highest BCUT2D eigenvalue weighted by Gasteiger charge is 2.11. The molecule has 0 aliphatic rings. The highest BCUT2D eigenvalue weighted by Crippen LogP contribution is 2.26. The number of phenols is 1. The minimum atomic E-state index is -0.664. The van der Waals surface area contributed by atoms with Gasteiger partial charge < -0.3 is 31.3 Å². The van der Waals surface area contributed by atoms with Gasteiger partial charge in [0, 0.05) is 30.9 Å². The third-order valence-electron chi connectivity index (χ3n) is 5.73. The molecular weight excluding hydrogens is 444 g/mol. The predicted octanol–water partition coefficient (Wildman–Crippen LogP) is 2.53. The van der Waals surface area contributed by atoms with E-state index in [0.29, 0.717) is 37.5 Å². The summed E-state index contributed by atoms with van der Waals surface area (Å²) in [5.41, 5.74) is 9.36. The zero-order valence-electron chi connectivity index (χ0n) is 20.2. The number of hydrogen-bond donors (Lipinski definition) is 5. The van der Waals surface area contributed by atoms with Crippen molar-refractivity contribution in [2.45, 2.75) is 38.3 Å². The molecule has 1 heterocycles. The van der Waals surface area contributed by atoms with Gasteiger partial charge in [-0.3, -0.25) is 4.79 Å². The summed E-state index contributed by atoms with van der Waals surface area (Å²) in [7, 11) is 1.51. The van der Waals surface area contributed by atoms with Crippen molar-refractivity contribution in [1.29, 1.82) is 0 Å². The van der Waals surface area contributed by atoms with E-state index in [2.05, 4.69) is 22.5 Å². The number of anilines is 1. The number of ether oxygens (including phenoxy) is 1. The Labute approximate surface area is 206 Å². The average Bonchev–Trinajstić information content (AvgIpc) is 2.84. The maximum atomic E-state index is 12.4. The number of methoxy groups -OCH3 is 1. The van der Waals surface area contributed by atoms with Gasteiger partial charge >= 0.3 is 0 Å². The Morgan fingerprint density at radius 2 is 1.91 bits per heavy atom. The second kappa shape index (κ2) is 12.7. The molecular formula is C27H34N4O4. The molecule has 2 aromatic carbocycles. The Bertz CT molecular complexity index is 1100. The topological polar surface area (TPSA) is 130 Å². The van der Waals surface area contributed by atoms with Crippen molar-refractivity contribution >= 4 is 11.7 Å². The van der Waals surface area contributed by atoms with E-state index in [1.807, 2.05) is 30.3 Å². The summed E-state index contributed by atoms with van der Waals surface area (Å²) in [6.45, 7) is 2.96. The van der Waals surface area contributed by atoms with Crippen LogP contribution in [0.25, 0.3) is 0 Å². The number of carbonyl (C=O) groups is 1. The smallest absolute Gasteiger partial charge is 0.224 e. The zero-order chi connectivity index (χ0) is 25.2. The van der Waals surface area contributed by atoms with Crippen molar-refractivity contribution in [3.8, 4) is 11.5 Å². The van der Waals surface area contributed by atoms with Crippen molar-refractivity contribution in [1.82, 2.24) is 15.6 Å². The summed E-state index contributed by atoms with van der Waals surface area (Å²) >= 11 is 0. The fraction of sp³-hybridized carbons (Fsp3) is 0.333. The molecule has 3 aromatic rings. The van der Waals surface area contributed by atoms with E-state index in [0.717, 1.165) is 28.7 Å². The molecule has 0 saturated heterocycles. The lowest BCUT2D eigenvalue weighted by molar-refractivity contribution is -0.120. The molecule has 1 aromatic heterocycles. The normalized spacial score (nSPS) is 12.7. The van der Waals surface area contributed by atoms with Gasteiger partial charge in [0.2, 0.25) is 5.91 Å². The number of amides is 1. The lowest BCUT2D eigenvalue weighted by Gasteiger charge is -2.18. The Morgan fingerprint density at radius 1 is 1.11 bits per heavy atom. The SMILES string of the molecule is COc1cc(CCNC(=O)Cc2cccc(C[C@@H](C)NC[C@@H](O)c3ccc(N)nc3)c2)ccc1O. The number of nitrogens with two attached hydrogens (primary N) is 1. The Morgan fingerprint density at radius 3 is 2.66 bits per heavy atom. The lowest BCUT2D eigenvalue weighted by Crippen LogP contribution is -2.32. The maximum absolute atomic E-state index is 12.4. The van der Waals surface area contributed by atoms with Crippen molar-refractivity contribution in [2.24, 2.45) is 0 Å². The van der Waals surface area contributed by atoms with Crippen LogP contribution in [0.5, 0.6) is 11.5 Å². The molecule has 2 atom stereocenters. The number of nitrogens with zero attached hydrogens (tertiary/aromatic N) is 1. The highest BCUT2D eigenvalue weighted by molar-refractivity contribution is 5.78. The van der Waals surface area contributed by atoms with E-state index in [4.69, 9.17) is 10.5 Å². The number of aliphatic hydroxyl groups excluding tert-OH is 1. The van der Waals surface area contributed by atoms with Crippen LogP contribution in [0.1, 0.15) is 35.3 Å². The van der Waals surface area contributed by atoms with Crippen LogP contribution in [-0.4, -0.2) is 47.3 Å². The van der Waals surface area contributed by atoms with Crippen molar-refractivity contribution in [3.63, 3.8) is 0 Å². The van der Waals surface area contributed by atoms with Gasteiger partial charge in [0.25, 0.3) is 0 Å². The molecule has 0 aliphatic heterocycles. The first-order chi connectivity index (χ1) is 16.8. The van der Waals surface area contributed by atoms with Gasteiger partial charge in [-0.15, -0.1) is 0 Å². The minimum absolute atomic E-state index is 0.0423. The van der Waals surface area contributed by atoms with Gasteiger partial charge in [0.1, 0.15) is 5.82 Å². The molecule has 0 aliphatic carbocycles. The number of aromatic nitrogens is 1. The van der Waals surface area contributed by atoms with Crippen LogP contribution in [0, 0.1) is 0 Å². The number of carbonyl (C=O) groups excluding carboxylic acids is 1. The summed E-state index contributed by atoms with van der Waals surface area (Å²) in [6, 6.07) is 16.8. The molecule has 0 spiro atoms. The van der Waals surface area contributed by atoms with E-state index in [1.54, 1.807) is 30.5 Å². The Kier molecular flexibility index (Phi) is 9.46. The van der Waals surface area contributed by atoms with Gasteiger partial charge in [0.15, 0.2) is 11.5 Å². The third-order valence-corrected chi connectivity index (χ3v) is 5.73. The average molecular weight is 479 g/mol. The van der Waals surface area contributed by atoms with Crippen LogP contribution in [0.4, 0.5) is 5.82 Å². The molecule has 3 rings (SSSR count). The van der Waals surface area contributed by atoms with E-state index < -0.39 is 6.10 Å². The summed E-state index contributed by atoms with van der Waals surface area (Å²) in [4.78, 5) is 16.4. The van der Waals surface area contributed by atoms with Gasteiger partial charge in [-0.2, -0.15) is 0 Å². The molecule has 35 heavy (non-hydrogen) atoms. The fourth-order valence-corrected chi connectivity index (χ4v) is 3.81. The number of pyridine rings is 1. The van der Waals surface area contributed by atoms with Crippen molar-refractivity contribution in [3.05, 3.63) is 83.0 Å². The number of rotatable bonds is 12. The summed E-state index contributed by atoms with van der Waals surface area (Å²) in [5, 5.41) is 26.3.